The lowest BCUT2D eigenvalue weighted by molar-refractivity contribution is 0.0168. The normalized spacial score (nSPS) is 18.9. The van der Waals surface area contributed by atoms with E-state index in [1.807, 2.05) is 33.9 Å². The number of aromatic amines is 1. The van der Waals surface area contributed by atoms with E-state index in [2.05, 4.69) is 16.9 Å². The second kappa shape index (κ2) is 5.11. The van der Waals surface area contributed by atoms with Gasteiger partial charge in [0.05, 0.1) is 0 Å². The number of H-pyrrole nitrogens is 1. The highest BCUT2D eigenvalue weighted by Crippen LogP contribution is 2.33. The van der Waals surface area contributed by atoms with Crippen LogP contribution in [0.3, 0.4) is 0 Å². The predicted molar refractivity (Wildman–Crippen MR) is 77.7 cm³/mol. The van der Waals surface area contributed by atoms with Crippen molar-refractivity contribution < 1.29 is 9.53 Å². The number of ether oxygens (including phenoxy) is 1. The van der Waals surface area contributed by atoms with Gasteiger partial charge in [-0.15, -0.1) is 0 Å². The molecule has 0 atom stereocenters. The molecule has 1 amide bonds. The topological polar surface area (TPSA) is 58.2 Å². The summed E-state index contributed by atoms with van der Waals surface area (Å²) in [6.07, 6.45) is 3.45. The minimum Gasteiger partial charge on any atom is -0.444 e. The molecule has 0 aliphatic carbocycles. The molecule has 0 spiro atoms. The first-order chi connectivity index (χ1) is 9.20. The summed E-state index contributed by atoms with van der Waals surface area (Å²) in [7, 11) is 0. The van der Waals surface area contributed by atoms with Crippen LogP contribution in [0, 0.1) is 6.92 Å². The highest BCUT2D eigenvalue weighted by atomic mass is 16.6. The molecular weight excluding hydrogens is 254 g/mol. The Hall–Kier alpha value is -1.52. The zero-order valence-corrected chi connectivity index (χ0v) is 13.1. The lowest BCUT2D eigenvalue weighted by Crippen LogP contribution is -2.46. The first-order valence-corrected chi connectivity index (χ1v) is 7.20. The summed E-state index contributed by atoms with van der Waals surface area (Å²) in [4.78, 5) is 21.6. The second-order valence-electron chi connectivity index (χ2n) is 6.94. The van der Waals surface area contributed by atoms with Crippen molar-refractivity contribution in [1.29, 1.82) is 0 Å². The summed E-state index contributed by atoms with van der Waals surface area (Å²) >= 11 is 0. The van der Waals surface area contributed by atoms with Gasteiger partial charge in [-0.2, -0.15) is 0 Å². The number of aryl methyl sites for hydroxylation is 1. The minimum atomic E-state index is -0.435. The molecular formula is C15H25N3O2. The van der Waals surface area contributed by atoms with E-state index in [1.54, 1.807) is 4.90 Å². The summed E-state index contributed by atoms with van der Waals surface area (Å²) in [5, 5.41) is 0. The van der Waals surface area contributed by atoms with E-state index in [9.17, 15) is 4.79 Å². The second-order valence-corrected chi connectivity index (χ2v) is 6.94. The monoisotopic (exact) mass is 279 g/mol. The maximum atomic E-state index is 12.0. The molecule has 0 radical (unpaired) electrons. The third-order valence-corrected chi connectivity index (χ3v) is 3.79. The number of imidazole rings is 1. The number of nitrogens with zero attached hydrogens (tertiary/aromatic N) is 2. The molecule has 1 aliphatic rings. The van der Waals surface area contributed by atoms with Crippen molar-refractivity contribution in [3.63, 3.8) is 0 Å². The zero-order valence-electron chi connectivity index (χ0n) is 13.1. The van der Waals surface area contributed by atoms with Gasteiger partial charge in [0, 0.05) is 30.4 Å². The Morgan fingerprint density at radius 1 is 1.40 bits per heavy atom. The van der Waals surface area contributed by atoms with Gasteiger partial charge in [-0.05, 0) is 40.5 Å². The van der Waals surface area contributed by atoms with Crippen LogP contribution in [0.2, 0.25) is 0 Å². The van der Waals surface area contributed by atoms with Gasteiger partial charge in [0.15, 0.2) is 0 Å². The van der Waals surface area contributed by atoms with E-state index in [4.69, 9.17) is 4.74 Å². The fourth-order valence-corrected chi connectivity index (χ4v) is 2.47. The predicted octanol–water partition coefficient (Wildman–Crippen LogP) is 3.01. The van der Waals surface area contributed by atoms with Gasteiger partial charge in [0.25, 0.3) is 0 Å². The Morgan fingerprint density at radius 3 is 2.45 bits per heavy atom. The Labute approximate surface area is 120 Å². The van der Waals surface area contributed by atoms with Gasteiger partial charge in [-0.3, -0.25) is 0 Å². The van der Waals surface area contributed by atoms with E-state index >= 15 is 0 Å². The fraction of sp³-hybridized carbons (Fsp3) is 0.733. The van der Waals surface area contributed by atoms with Gasteiger partial charge < -0.3 is 14.6 Å². The van der Waals surface area contributed by atoms with Crippen LogP contribution in [-0.2, 0) is 10.2 Å². The number of carbonyl (C=O) groups excluding carboxylic acids is 1. The number of amides is 1. The number of aromatic nitrogens is 2. The van der Waals surface area contributed by atoms with E-state index in [1.165, 1.54) is 0 Å². The first kappa shape index (κ1) is 14.9. The first-order valence-electron chi connectivity index (χ1n) is 7.20. The Bertz CT molecular complexity index is 480. The molecule has 0 aromatic carbocycles. The lowest BCUT2D eigenvalue weighted by Gasteiger charge is -2.38. The Balaban J connectivity index is 1.97. The number of rotatable bonds is 1. The number of likely N-dealkylation sites (tertiary alicyclic amines) is 1. The van der Waals surface area contributed by atoms with Crippen molar-refractivity contribution in [2.75, 3.05) is 13.1 Å². The summed E-state index contributed by atoms with van der Waals surface area (Å²) in [5.41, 5.74) is 0.665. The third-order valence-electron chi connectivity index (χ3n) is 3.79. The van der Waals surface area contributed by atoms with Crippen LogP contribution in [0.15, 0.2) is 6.20 Å². The molecule has 1 saturated heterocycles. The highest BCUT2D eigenvalue weighted by Gasteiger charge is 2.36. The summed E-state index contributed by atoms with van der Waals surface area (Å²) < 4.78 is 5.42. The maximum absolute atomic E-state index is 12.0. The largest absolute Gasteiger partial charge is 0.444 e. The number of carbonyl (C=O) groups is 1. The van der Waals surface area contributed by atoms with Crippen LogP contribution >= 0.6 is 0 Å². The average molecular weight is 279 g/mol. The number of piperidine rings is 1. The molecule has 2 heterocycles. The van der Waals surface area contributed by atoms with E-state index in [0.29, 0.717) is 13.1 Å². The van der Waals surface area contributed by atoms with Gasteiger partial charge in [-0.25, -0.2) is 9.78 Å². The Kier molecular flexibility index (Phi) is 3.80. The van der Waals surface area contributed by atoms with Gasteiger partial charge in [0.1, 0.15) is 11.4 Å². The van der Waals surface area contributed by atoms with E-state index < -0.39 is 5.60 Å². The molecule has 1 N–H and O–H groups in total. The van der Waals surface area contributed by atoms with Crippen LogP contribution < -0.4 is 0 Å². The van der Waals surface area contributed by atoms with E-state index in [0.717, 1.165) is 24.4 Å². The van der Waals surface area contributed by atoms with Crippen LogP contribution in [-0.4, -0.2) is 39.7 Å². The number of hydrogen-bond donors (Lipinski definition) is 1. The molecule has 1 fully saturated rings. The molecule has 2 rings (SSSR count). The van der Waals surface area contributed by atoms with Gasteiger partial charge in [-0.1, -0.05) is 6.92 Å². The van der Waals surface area contributed by atoms with Crippen molar-refractivity contribution in [2.45, 2.75) is 58.5 Å². The molecule has 5 nitrogen and oxygen atoms in total. The minimum absolute atomic E-state index is 0.0206. The van der Waals surface area contributed by atoms with Gasteiger partial charge >= 0.3 is 6.09 Å². The molecule has 5 heteroatoms. The highest BCUT2D eigenvalue weighted by molar-refractivity contribution is 5.68. The average Bonchev–Trinajstić information content (AvgIpc) is 2.75. The van der Waals surface area contributed by atoms with Crippen molar-refractivity contribution in [1.82, 2.24) is 14.9 Å². The van der Waals surface area contributed by atoms with Crippen LogP contribution in [0.1, 0.15) is 52.1 Å². The quantitative estimate of drug-likeness (QED) is 0.859. The zero-order chi connectivity index (χ0) is 15.0. The van der Waals surface area contributed by atoms with Crippen LogP contribution in [0.5, 0.6) is 0 Å². The van der Waals surface area contributed by atoms with Crippen molar-refractivity contribution in [3.8, 4) is 0 Å². The third kappa shape index (κ3) is 3.32. The summed E-state index contributed by atoms with van der Waals surface area (Å²) in [5.74, 6) is 1.03. The SMILES string of the molecule is Cc1cnc(C2(C)CCN(C(=O)OC(C)(C)C)CC2)[nH]1. The number of hydrogen-bond acceptors (Lipinski definition) is 3. The molecule has 0 saturated carbocycles. The molecule has 0 unspecified atom stereocenters. The van der Waals surface area contributed by atoms with Crippen molar-refractivity contribution in [3.05, 3.63) is 17.7 Å². The summed E-state index contributed by atoms with van der Waals surface area (Å²) in [6.45, 7) is 11.3. The molecule has 112 valence electrons. The van der Waals surface area contributed by atoms with Crippen molar-refractivity contribution in [2.24, 2.45) is 0 Å². The van der Waals surface area contributed by atoms with Crippen LogP contribution in [0.25, 0.3) is 0 Å². The molecule has 1 aromatic rings. The standard InChI is InChI=1S/C15H25N3O2/c1-11-10-16-12(17-11)15(5)6-8-18(9-7-15)13(19)20-14(2,3)4/h10H,6-9H2,1-5H3,(H,16,17). The molecule has 1 aliphatic heterocycles. The van der Waals surface area contributed by atoms with Crippen LogP contribution in [0.4, 0.5) is 4.79 Å². The van der Waals surface area contributed by atoms with E-state index in [-0.39, 0.29) is 11.5 Å². The maximum Gasteiger partial charge on any atom is 0.410 e. The molecule has 1 aromatic heterocycles. The lowest BCUT2D eigenvalue weighted by atomic mass is 9.80. The fourth-order valence-electron chi connectivity index (χ4n) is 2.47. The summed E-state index contributed by atoms with van der Waals surface area (Å²) in [6, 6.07) is 0. The molecule has 0 bridgehead atoms. The van der Waals surface area contributed by atoms with Gasteiger partial charge in [0.2, 0.25) is 0 Å². The number of nitrogens with one attached hydrogen (secondary N) is 1. The molecule has 20 heavy (non-hydrogen) atoms. The Morgan fingerprint density at radius 2 is 2.00 bits per heavy atom. The van der Waals surface area contributed by atoms with Crippen molar-refractivity contribution >= 4 is 6.09 Å². The smallest absolute Gasteiger partial charge is 0.410 e.